The van der Waals surface area contributed by atoms with Crippen LogP contribution in [0.3, 0.4) is 0 Å². The van der Waals surface area contributed by atoms with Crippen LogP contribution in [0.4, 0.5) is 4.79 Å². The highest BCUT2D eigenvalue weighted by Gasteiger charge is 2.29. The summed E-state index contributed by atoms with van der Waals surface area (Å²) in [6.45, 7) is 6.98. The minimum atomic E-state index is -0.296. The quantitative estimate of drug-likeness (QED) is 0.858. The highest BCUT2D eigenvalue weighted by atomic mass is 16.5. The molecule has 1 saturated heterocycles. The van der Waals surface area contributed by atoms with Gasteiger partial charge in [0.1, 0.15) is 6.04 Å². The van der Waals surface area contributed by atoms with Crippen molar-refractivity contribution in [3.63, 3.8) is 0 Å². The molecule has 0 aliphatic carbocycles. The third kappa shape index (κ3) is 4.95. The van der Waals surface area contributed by atoms with Crippen LogP contribution in [0.15, 0.2) is 30.3 Å². The third-order valence-electron chi connectivity index (χ3n) is 4.82. The molecule has 138 valence electrons. The summed E-state index contributed by atoms with van der Waals surface area (Å²) in [4.78, 5) is 28.4. The molecule has 1 aliphatic rings. The lowest BCUT2D eigenvalue weighted by Crippen LogP contribution is -2.49. The van der Waals surface area contributed by atoms with E-state index in [0.29, 0.717) is 13.1 Å². The SMILES string of the molecule is CCN(CC)C(C(=O)NC1CCN(C(=O)OC)CC1)c1ccccc1. The Kier molecular flexibility index (Phi) is 7.25. The van der Waals surface area contributed by atoms with Gasteiger partial charge < -0.3 is 15.0 Å². The van der Waals surface area contributed by atoms with E-state index in [1.54, 1.807) is 4.90 Å². The van der Waals surface area contributed by atoms with Gasteiger partial charge in [-0.1, -0.05) is 44.2 Å². The number of likely N-dealkylation sites (tertiary alicyclic amines) is 1. The zero-order valence-corrected chi connectivity index (χ0v) is 15.4. The molecule has 1 heterocycles. The van der Waals surface area contributed by atoms with Gasteiger partial charge in [0.05, 0.1) is 7.11 Å². The number of amides is 2. The third-order valence-corrected chi connectivity index (χ3v) is 4.82. The zero-order valence-electron chi connectivity index (χ0n) is 15.4. The van der Waals surface area contributed by atoms with E-state index < -0.39 is 0 Å². The van der Waals surface area contributed by atoms with Gasteiger partial charge in [-0.05, 0) is 31.5 Å². The first-order valence-electron chi connectivity index (χ1n) is 9.02. The number of hydrogen-bond donors (Lipinski definition) is 1. The van der Waals surface area contributed by atoms with Crippen molar-refractivity contribution < 1.29 is 14.3 Å². The van der Waals surface area contributed by atoms with Gasteiger partial charge in [0.25, 0.3) is 0 Å². The number of carbonyl (C=O) groups excluding carboxylic acids is 2. The van der Waals surface area contributed by atoms with E-state index in [1.165, 1.54) is 7.11 Å². The van der Waals surface area contributed by atoms with E-state index in [9.17, 15) is 9.59 Å². The average molecular weight is 347 g/mol. The average Bonchev–Trinajstić information content (AvgIpc) is 2.66. The fourth-order valence-electron chi connectivity index (χ4n) is 3.37. The maximum absolute atomic E-state index is 13.0. The van der Waals surface area contributed by atoms with Gasteiger partial charge in [-0.25, -0.2) is 4.79 Å². The lowest BCUT2D eigenvalue weighted by Gasteiger charge is -2.34. The summed E-state index contributed by atoms with van der Waals surface area (Å²) >= 11 is 0. The van der Waals surface area contributed by atoms with Crippen LogP contribution in [0.1, 0.15) is 38.3 Å². The summed E-state index contributed by atoms with van der Waals surface area (Å²) in [5, 5.41) is 3.18. The van der Waals surface area contributed by atoms with Crippen LogP contribution in [0.5, 0.6) is 0 Å². The maximum atomic E-state index is 13.0. The smallest absolute Gasteiger partial charge is 0.409 e. The summed E-state index contributed by atoms with van der Waals surface area (Å²) in [5.74, 6) is 0.0337. The first-order valence-corrected chi connectivity index (χ1v) is 9.02. The first kappa shape index (κ1) is 19.2. The monoisotopic (exact) mass is 347 g/mol. The molecule has 0 saturated carbocycles. The maximum Gasteiger partial charge on any atom is 0.409 e. The minimum absolute atomic E-state index is 0.0337. The molecule has 6 heteroatoms. The highest BCUT2D eigenvalue weighted by molar-refractivity contribution is 5.83. The Bertz CT molecular complexity index is 552. The standard InChI is InChI=1S/C19H29N3O3/c1-4-21(5-2)17(15-9-7-6-8-10-15)18(23)20-16-11-13-22(14-12-16)19(24)25-3/h6-10,16-17H,4-5,11-14H2,1-3H3,(H,20,23). The predicted molar refractivity (Wildman–Crippen MR) is 97.2 cm³/mol. The fourth-order valence-corrected chi connectivity index (χ4v) is 3.37. The summed E-state index contributed by atoms with van der Waals surface area (Å²) in [6.07, 6.45) is 1.20. The van der Waals surface area contributed by atoms with Gasteiger partial charge in [0, 0.05) is 19.1 Å². The molecular weight excluding hydrogens is 318 g/mol. The van der Waals surface area contributed by atoms with Gasteiger partial charge >= 0.3 is 6.09 Å². The number of nitrogens with zero attached hydrogens (tertiary/aromatic N) is 2. The number of piperidine rings is 1. The minimum Gasteiger partial charge on any atom is -0.453 e. The molecule has 1 unspecified atom stereocenters. The summed E-state index contributed by atoms with van der Waals surface area (Å²) < 4.78 is 4.76. The van der Waals surface area contributed by atoms with Gasteiger partial charge in [0.2, 0.25) is 5.91 Å². The van der Waals surface area contributed by atoms with Crippen molar-refractivity contribution in [2.24, 2.45) is 0 Å². The van der Waals surface area contributed by atoms with Crippen LogP contribution in [0.25, 0.3) is 0 Å². The number of methoxy groups -OCH3 is 1. The largest absolute Gasteiger partial charge is 0.453 e. The van der Waals surface area contributed by atoms with Crippen molar-refractivity contribution in [1.82, 2.24) is 15.1 Å². The predicted octanol–water partition coefficient (Wildman–Crippen LogP) is 2.42. The summed E-state index contributed by atoms with van der Waals surface area (Å²) in [5.41, 5.74) is 1.01. The van der Waals surface area contributed by atoms with Crippen LogP contribution in [-0.4, -0.2) is 61.1 Å². The fraction of sp³-hybridized carbons (Fsp3) is 0.579. The van der Waals surface area contributed by atoms with E-state index in [-0.39, 0.29) is 24.1 Å². The molecule has 1 atom stereocenters. The van der Waals surface area contributed by atoms with Crippen molar-refractivity contribution in [3.8, 4) is 0 Å². The van der Waals surface area contributed by atoms with Gasteiger partial charge in [-0.15, -0.1) is 0 Å². The van der Waals surface area contributed by atoms with Crippen LogP contribution in [-0.2, 0) is 9.53 Å². The number of benzene rings is 1. The lowest BCUT2D eigenvalue weighted by atomic mass is 10.0. The van der Waals surface area contributed by atoms with Gasteiger partial charge in [0.15, 0.2) is 0 Å². The van der Waals surface area contributed by atoms with Crippen LogP contribution < -0.4 is 5.32 Å². The Morgan fingerprint density at radius 3 is 2.32 bits per heavy atom. The zero-order chi connectivity index (χ0) is 18.2. The number of ether oxygens (including phenoxy) is 1. The Balaban J connectivity index is 2.02. The number of nitrogens with one attached hydrogen (secondary N) is 1. The topological polar surface area (TPSA) is 61.9 Å². The number of rotatable bonds is 6. The summed E-state index contributed by atoms with van der Waals surface area (Å²) in [7, 11) is 1.39. The molecule has 1 aliphatic heterocycles. The van der Waals surface area contributed by atoms with Crippen LogP contribution >= 0.6 is 0 Å². The first-order chi connectivity index (χ1) is 12.1. The molecule has 2 rings (SSSR count). The van der Waals surface area contributed by atoms with Crippen LogP contribution in [0.2, 0.25) is 0 Å². The van der Waals surface area contributed by atoms with Crippen molar-refractivity contribution >= 4 is 12.0 Å². The molecule has 25 heavy (non-hydrogen) atoms. The number of likely N-dealkylation sites (N-methyl/N-ethyl adjacent to an activating group) is 1. The molecule has 1 N–H and O–H groups in total. The Hall–Kier alpha value is -2.08. The van der Waals surface area contributed by atoms with Gasteiger partial charge in [-0.2, -0.15) is 0 Å². The Morgan fingerprint density at radius 1 is 1.20 bits per heavy atom. The number of carbonyl (C=O) groups is 2. The van der Waals surface area contributed by atoms with Crippen molar-refractivity contribution in [2.45, 2.75) is 38.8 Å². The second-order valence-electron chi connectivity index (χ2n) is 6.27. The molecule has 1 fully saturated rings. The van der Waals surface area contributed by atoms with Gasteiger partial charge in [-0.3, -0.25) is 9.69 Å². The van der Waals surface area contributed by atoms with E-state index >= 15 is 0 Å². The molecule has 1 aromatic carbocycles. The second-order valence-corrected chi connectivity index (χ2v) is 6.27. The molecule has 6 nitrogen and oxygen atoms in total. The lowest BCUT2D eigenvalue weighted by molar-refractivity contribution is -0.127. The number of hydrogen-bond acceptors (Lipinski definition) is 4. The van der Waals surface area contributed by atoms with E-state index in [0.717, 1.165) is 31.5 Å². The van der Waals surface area contributed by atoms with Crippen molar-refractivity contribution in [3.05, 3.63) is 35.9 Å². The van der Waals surface area contributed by atoms with E-state index in [2.05, 4.69) is 24.1 Å². The normalized spacial score (nSPS) is 16.6. The Labute approximate surface area is 150 Å². The molecule has 2 amide bonds. The molecule has 0 spiro atoms. The van der Waals surface area contributed by atoms with Crippen molar-refractivity contribution in [1.29, 1.82) is 0 Å². The highest BCUT2D eigenvalue weighted by Crippen LogP contribution is 2.22. The van der Waals surface area contributed by atoms with E-state index in [4.69, 9.17) is 4.74 Å². The molecule has 0 aromatic heterocycles. The molecule has 1 aromatic rings. The second kappa shape index (κ2) is 9.42. The molecular formula is C19H29N3O3. The molecule has 0 bridgehead atoms. The van der Waals surface area contributed by atoms with E-state index in [1.807, 2.05) is 30.3 Å². The molecule has 0 radical (unpaired) electrons. The van der Waals surface area contributed by atoms with Crippen LogP contribution in [0, 0.1) is 0 Å². The summed E-state index contributed by atoms with van der Waals surface area (Å²) in [6, 6.07) is 9.71. The van der Waals surface area contributed by atoms with Crippen molar-refractivity contribution in [2.75, 3.05) is 33.3 Å². The Morgan fingerprint density at radius 2 is 1.80 bits per heavy atom.